The summed E-state index contributed by atoms with van der Waals surface area (Å²) in [5.41, 5.74) is 9.22. The molecule has 0 saturated heterocycles. The van der Waals surface area contributed by atoms with Gasteiger partial charge < -0.3 is 5.73 Å². The lowest BCUT2D eigenvalue weighted by atomic mass is 10.1. The molecular formula is C17H14ClN3O2. The van der Waals surface area contributed by atoms with Gasteiger partial charge in [-0.2, -0.15) is 0 Å². The third-order valence-corrected chi connectivity index (χ3v) is 3.32. The highest BCUT2D eigenvalue weighted by Gasteiger charge is 2.03. The number of halogens is 1. The Hall–Kier alpha value is -2.92. The molecule has 0 bridgehead atoms. The quantitative estimate of drug-likeness (QED) is 0.573. The van der Waals surface area contributed by atoms with Gasteiger partial charge in [-0.25, -0.2) is 4.98 Å². The lowest BCUT2D eigenvalue weighted by Crippen LogP contribution is -1.91. The molecule has 0 unspecified atom stereocenters. The molecule has 2 aromatic carbocycles. The number of fused-ring (bicyclic) bond motifs is 1. The van der Waals surface area contributed by atoms with Crippen LogP contribution in [0.4, 0.5) is 11.4 Å². The average molecular weight is 328 g/mol. The molecule has 3 rings (SSSR count). The van der Waals surface area contributed by atoms with Gasteiger partial charge in [0.25, 0.3) is 5.69 Å². The highest BCUT2D eigenvalue weighted by atomic mass is 35.5. The van der Waals surface area contributed by atoms with Crippen molar-refractivity contribution >= 4 is 46.8 Å². The fourth-order valence-electron chi connectivity index (χ4n) is 2.20. The second-order valence-electron chi connectivity index (χ2n) is 4.84. The molecular weight excluding hydrogens is 314 g/mol. The molecule has 6 heteroatoms. The normalized spacial score (nSPS) is 10.6. The summed E-state index contributed by atoms with van der Waals surface area (Å²) in [6.45, 7) is 0. The number of nitro benzene ring substituents is 1. The van der Waals surface area contributed by atoms with Gasteiger partial charge in [0.2, 0.25) is 0 Å². The van der Waals surface area contributed by atoms with Crippen LogP contribution in [-0.4, -0.2) is 9.91 Å². The maximum atomic E-state index is 10.6. The zero-order valence-electron chi connectivity index (χ0n) is 12.0. The summed E-state index contributed by atoms with van der Waals surface area (Å²) in [7, 11) is 0. The van der Waals surface area contributed by atoms with Crippen molar-refractivity contribution in [1.82, 2.24) is 4.98 Å². The fourth-order valence-corrected chi connectivity index (χ4v) is 2.20. The number of para-hydroxylation sites is 1. The minimum absolute atomic E-state index is 0. The number of nitrogen functional groups attached to an aromatic ring is 1. The number of hydrogen-bond donors (Lipinski definition) is 1. The summed E-state index contributed by atoms with van der Waals surface area (Å²) in [4.78, 5) is 14.7. The Kier molecular flexibility index (Phi) is 4.93. The molecule has 0 aliphatic rings. The van der Waals surface area contributed by atoms with Gasteiger partial charge in [-0.3, -0.25) is 10.1 Å². The fraction of sp³-hybridized carbons (Fsp3) is 0. The lowest BCUT2D eigenvalue weighted by molar-refractivity contribution is -0.384. The smallest absolute Gasteiger partial charge is 0.269 e. The number of anilines is 1. The van der Waals surface area contributed by atoms with Crippen LogP contribution in [0.2, 0.25) is 0 Å². The number of benzene rings is 2. The molecule has 116 valence electrons. The van der Waals surface area contributed by atoms with E-state index in [0.29, 0.717) is 5.69 Å². The van der Waals surface area contributed by atoms with Crippen molar-refractivity contribution in [3.8, 4) is 0 Å². The van der Waals surface area contributed by atoms with Gasteiger partial charge in [-0.05, 0) is 35.9 Å². The van der Waals surface area contributed by atoms with Crippen molar-refractivity contribution in [3.05, 3.63) is 76.0 Å². The van der Waals surface area contributed by atoms with Crippen molar-refractivity contribution in [2.45, 2.75) is 0 Å². The standard InChI is InChI=1S/C17H13N3O2.ClH/c18-16-11-13(19-17-4-2-1-3-15(16)17)8-5-12-6-9-14(10-7-12)20(21)22;/h1-11H,(H2,18,19);1H/b8-5+;. The molecule has 1 heterocycles. The molecule has 0 saturated carbocycles. The topological polar surface area (TPSA) is 82.0 Å². The van der Waals surface area contributed by atoms with E-state index in [1.165, 1.54) is 12.1 Å². The SMILES string of the molecule is Cl.Nc1cc(/C=C/c2ccc([N+](=O)[O-])cc2)nc2ccccc12. The van der Waals surface area contributed by atoms with E-state index >= 15 is 0 Å². The number of nitrogens with zero attached hydrogens (tertiary/aromatic N) is 2. The van der Waals surface area contributed by atoms with Crippen LogP contribution in [0.1, 0.15) is 11.3 Å². The predicted molar refractivity (Wildman–Crippen MR) is 95.4 cm³/mol. The number of nitro groups is 1. The first-order valence-electron chi connectivity index (χ1n) is 6.71. The molecule has 0 fully saturated rings. The molecule has 0 amide bonds. The van der Waals surface area contributed by atoms with Crippen molar-refractivity contribution in [1.29, 1.82) is 0 Å². The molecule has 3 aromatic rings. The number of pyridine rings is 1. The molecule has 1 aromatic heterocycles. The van der Waals surface area contributed by atoms with Crippen LogP contribution in [0.5, 0.6) is 0 Å². The summed E-state index contributed by atoms with van der Waals surface area (Å²) in [5, 5.41) is 11.5. The third-order valence-electron chi connectivity index (χ3n) is 3.32. The van der Waals surface area contributed by atoms with Gasteiger partial charge in [0, 0.05) is 23.2 Å². The summed E-state index contributed by atoms with van der Waals surface area (Å²) in [6.07, 6.45) is 3.68. The zero-order valence-corrected chi connectivity index (χ0v) is 12.9. The van der Waals surface area contributed by atoms with Crippen molar-refractivity contribution in [2.75, 3.05) is 5.73 Å². The first-order chi connectivity index (χ1) is 10.6. The van der Waals surface area contributed by atoms with Crippen LogP contribution in [-0.2, 0) is 0 Å². The Bertz CT molecular complexity index is 877. The van der Waals surface area contributed by atoms with E-state index in [9.17, 15) is 10.1 Å². The Morgan fingerprint density at radius 3 is 2.43 bits per heavy atom. The van der Waals surface area contributed by atoms with Gasteiger partial charge in [-0.15, -0.1) is 12.4 Å². The van der Waals surface area contributed by atoms with E-state index in [4.69, 9.17) is 5.73 Å². The van der Waals surface area contributed by atoms with Crippen LogP contribution >= 0.6 is 12.4 Å². The maximum Gasteiger partial charge on any atom is 0.269 e. The van der Waals surface area contributed by atoms with Crippen molar-refractivity contribution in [3.63, 3.8) is 0 Å². The minimum atomic E-state index is -0.418. The second-order valence-corrected chi connectivity index (χ2v) is 4.84. The number of non-ortho nitro benzene ring substituents is 1. The summed E-state index contributed by atoms with van der Waals surface area (Å²) in [6, 6.07) is 15.8. The zero-order chi connectivity index (χ0) is 15.5. The predicted octanol–water partition coefficient (Wildman–Crippen LogP) is 4.32. The first-order valence-corrected chi connectivity index (χ1v) is 6.71. The second kappa shape index (κ2) is 6.89. The summed E-state index contributed by atoms with van der Waals surface area (Å²) < 4.78 is 0. The van der Waals surface area contributed by atoms with Gasteiger partial charge in [0.15, 0.2) is 0 Å². The molecule has 23 heavy (non-hydrogen) atoms. The number of nitrogens with two attached hydrogens (primary N) is 1. The summed E-state index contributed by atoms with van der Waals surface area (Å²) in [5.74, 6) is 0. The van der Waals surface area contributed by atoms with Crippen LogP contribution in [0.25, 0.3) is 23.1 Å². The highest BCUT2D eigenvalue weighted by Crippen LogP contribution is 2.21. The molecule has 0 spiro atoms. The number of aromatic nitrogens is 1. The van der Waals surface area contributed by atoms with Crippen molar-refractivity contribution in [2.24, 2.45) is 0 Å². The Balaban J connectivity index is 0.00000192. The first kappa shape index (κ1) is 16.5. The Morgan fingerprint density at radius 1 is 1.04 bits per heavy atom. The van der Waals surface area contributed by atoms with Gasteiger partial charge in [-0.1, -0.05) is 24.3 Å². The molecule has 0 atom stereocenters. The lowest BCUT2D eigenvalue weighted by Gasteiger charge is -2.03. The molecule has 2 N–H and O–H groups in total. The van der Waals surface area contributed by atoms with Crippen LogP contribution in [0.15, 0.2) is 54.6 Å². The van der Waals surface area contributed by atoms with Crippen LogP contribution < -0.4 is 5.73 Å². The average Bonchev–Trinajstić information content (AvgIpc) is 2.53. The van der Waals surface area contributed by atoms with Crippen LogP contribution in [0, 0.1) is 10.1 Å². The van der Waals surface area contributed by atoms with E-state index in [-0.39, 0.29) is 18.1 Å². The number of hydrogen-bond acceptors (Lipinski definition) is 4. The highest BCUT2D eigenvalue weighted by molar-refractivity contribution is 5.91. The Morgan fingerprint density at radius 2 is 1.74 bits per heavy atom. The minimum Gasteiger partial charge on any atom is -0.398 e. The van der Waals surface area contributed by atoms with E-state index < -0.39 is 4.92 Å². The third kappa shape index (κ3) is 3.64. The van der Waals surface area contributed by atoms with Crippen LogP contribution in [0.3, 0.4) is 0 Å². The molecule has 0 radical (unpaired) electrons. The van der Waals surface area contributed by atoms with Gasteiger partial charge >= 0.3 is 0 Å². The van der Waals surface area contributed by atoms with Crippen molar-refractivity contribution < 1.29 is 4.92 Å². The maximum absolute atomic E-state index is 10.6. The van der Waals surface area contributed by atoms with E-state index in [0.717, 1.165) is 22.2 Å². The van der Waals surface area contributed by atoms with Gasteiger partial charge in [0.1, 0.15) is 0 Å². The monoisotopic (exact) mass is 327 g/mol. The van der Waals surface area contributed by atoms with E-state index in [2.05, 4.69) is 4.98 Å². The number of rotatable bonds is 3. The molecule has 5 nitrogen and oxygen atoms in total. The molecule has 0 aliphatic carbocycles. The largest absolute Gasteiger partial charge is 0.398 e. The van der Waals surface area contributed by atoms with E-state index in [1.807, 2.05) is 42.5 Å². The molecule has 0 aliphatic heterocycles. The Labute approximate surface area is 139 Å². The van der Waals surface area contributed by atoms with E-state index in [1.54, 1.807) is 12.1 Å². The summed E-state index contributed by atoms with van der Waals surface area (Å²) >= 11 is 0. The van der Waals surface area contributed by atoms with Gasteiger partial charge in [0.05, 0.1) is 16.1 Å².